The predicted octanol–water partition coefficient (Wildman–Crippen LogP) is 11.0. The van der Waals surface area contributed by atoms with Crippen LogP contribution in [0.1, 0.15) is 22.3 Å². The number of hydrogen-bond acceptors (Lipinski definition) is 7. The van der Waals surface area contributed by atoms with Crippen LogP contribution >= 0.6 is 11.8 Å². The van der Waals surface area contributed by atoms with Crippen LogP contribution < -0.4 is 20.1 Å². The van der Waals surface area contributed by atoms with E-state index in [2.05, 4.69) is 10.6 Å². The molecule has 6 aromatic rings. The third kappa shape index (κ3) is 8.70. The van der Waals surface area contributed by atoms with Crippen molar-refractivity contribution in [3.05, 3.63) is 144 Å². The molecule has 0 unspecified atom stereocenters. The van der Waals surface area contributed by atoms with Crippen molar-refractivity contribution in [2.75, 3.05) is 10.6 Å². The standard InChI is InChI=1S/C42H36N2O6S/c1-25-5-17-37(27(3)21-25)43-41(47)49-33-15-19-39(35(23-33)29-7-11-31(45)12-8-29)51-40-20-16-34(24-36(40)30-9-13-32(46)14-10-30)50-42(48)44-38-18-6-26(2)22-28(38)4/h5-24,45-46H,1-4H3,(H,43,47)(H,44,48). The molecule has 0 bridgehead atoms. The summed E-state index contributed by atoms with van der Waals surface area (Å²) in [5, 5.41) is 25.6. The number of anilines is 2. The second-order valence-corrected chi connectivity index (χ2v) is 13.3. The van der Waals surface area contributed by atoms with Gasteiger partial charge in [-0.2, -0.15) is 0 Å². The maximum Gasteiger partial charge on any atom is 0.417 e. The lowest BCUT2D eigenvalue weighted by Gasteiger charge is -2.16. The van der Waals surface area contributed by atoms with Crippen LogP contribution in [-0.2, 0) is 0 Å². The lowest BCUT2D eigenvalue weighted by atomic mass is 10.0. The number of benzene rings is 6. The number of phenolic OH excluding ortho intramolecular Hbond substituents is 2. The molecule has 0 saturated heterocycles. The molecule has 0 aliphatic heterocycles. The van der Waals surface area contributed by atoms with E-state index >= 15 is 0 Å². The van der Waals surface area contributed by atoms with E-state index in [0.29, 0.717) is 22.9 Å². The van der Waals surface area contributed by atoms with Gasteiger partial charge in [-0.15, -0.1) is 0 Å². The van der Waals surface area contributed by atoms with Gasteiger partial charge < -0.3 is 19.7 Å². The number of carbonyl (C=O) groups excluding carboxylic acids is 2. The van der Waals surface area contributed by atoms with Gasteiger partial charge in [0.05, 0.1) is 0 Å². The van der Waals surface area contributed by atoms with Gasteiger partial charge in [-0.25, -0.2) is 9.59 Å². The maximum absolute atomic E-state index is 12.9. The van der Waals surface area contributed by atoms with Crippen LogP contribution in [-0.4, -0.2) is 22.4 Å². The molecule has 9 heteroatoms. The molecule has 0 saturated carbocycles. The third-order valence-electron chi connectivity index (χ3n) is 8.14. The first-order valence-electron chi connectivity index (χ1n) is 16.2. The minimum Gasteiger partial charge on any atom is -0.508 e. The Morgan fingerprint density at radius 1 is 0.510 bits per heavy atom. The van der Waals surface area contributed by atoms with Crippen molar-refractivity contribution in [3.8, 4) is 45.3 Å². The molecule has 2 amide bonds. The fraction of sp³-hybridized carbons (Fsp3) is 0.0952. The Labute approximate surface area is 300 Å². The highest BCUT2D eigenvalue weighted by Gasteiger charge is 2.17. The normalized spacial score (nSPS) is 10.7. The quantitative estimate of drug-likeness (QED) is 0.125. The van der Waals surface area contributed by atoms with Crippen molar-refractivity contribution in [1.82, 2.24) is 0 Å². The van der Waals surface area contributed by atoms with Crippen LogP contribution in [0.4, 0.5) is 21.0 Å². The Morgan fingerprint density at radius 2 is 0.902 bits per heavy atom. The van der Waals surface area contributed by atoms with E-state index in [4.69, 9.17) is 9.47 Å². The molecule has 4 N–H and O–H groups in total. The molecule has 0 aliphatic rings. The molecule has 0 spiro atoms. The summed E-state index contributed by atoms with van der Waals surface area (Å²) >= 11 is 1.47. The molecule has 0 radical (unpaired) electrons. The molecule has 0 aromatic heterocycles. The topological polar surface area (TPSA) is 117 Å². The summed E-state index contributed by atoms with van der Waals surface area (Å²) in [6.45, 7) is 7.82. The van der Waals surface area contributed by atoms with E-state index in [1.54, 1.807) is 72.8 Å². The number of hydrogen-bond donors (Lipinski definition) is 4. The Kier molecular flexibility index (Phi) is 10.3. The van der Waals surface area contributed by atoms with E-state index in [1.165, 1.54) is 11.8 Å². The number of nitrogens with one attached hydrogen (secondary N) is 2. The lowest BCUT2D eigenvalue weighted by Crippen LogP contribution is -2.17. The molecular weight excluding hydrogens is 661 g/mol. The minimum atomic E-state index is -0.620. The Hall–Kier alpha value is -6.19. The summed E-state index contributed by atoms with van der Waals surface area (Å²) in [7, 11) is 0. The molecule has 0 heterocycles. The van der Waals surface area contributed by atoms with Crippen molar-refractivity contribution >= 4 is 35.3 Å². The first-order valence-corrected chi connectivity index (χ1v) is 17.0. The molecule has 256 valence electrons. The van der Waals surface area contributed by atoms with E-state index in [1.807, 2.05) is 76.2 Å². The summed E-state index contributed by atoms with van der Waals surface area (Å²) in [5.74, 6) is 0.920. The lowest BCUT2D eigenvalue weighted by molar-refractivity contribution is 0.214. The van der Waals surface area contributed by atoms with Crippen LogP contribution in [0.3, 0.4) is 0 Å². The van der Waals surface area contributed by atoms with Gasteiger partial charge in [0, 0.05) is 21.2 Å². The molecule has 0 atom stereocenters. The zero-order chi connectivity index (χ0) is 36.1. The highest BCUT2D eigenvalue weighted by Crippen LogP contribution is 2.43. The smallest absolute Gasteiger partial charge is 0.417 e. The fourth-order valence-corrected chi connectivity index (χ4v) is 6.65. The van der Waals surface area contributed by atoms with E-state index in [9.17, 15) is 19.8 Å². The predicted molar refractivity (Wildman–Crippen MR) is 202 cm³/mol. The zero-order valence-corrected chi connectivity index (χ0v) is 29.3. The van der Waals surface area contributed by atoms with Crippen molar-refractivity contribution in [2.45, 2.75) is 37.5 Å². The Morgan fingerprint density at radius 3 is 1.27 bits per heavy atom. The van der Waals surface area contributed by atoms with Crippen molar-refractivity contribution in [2.24, 2.45) is 0 Å². The van der Waals surface area contributed by atoms with Crippen LogP contribution in [0.15, 0.2) is 131 Å². The summed E-state index contributed by atoms with van der Waals surface area (Å²) in [6, 6.07) is 35.8. The first-order chi connectivity index (χ1) is 24.5. The van der Waals surface area contributed by atoms with E-state index in [0.717, 1.165) is 54.3 Å². The Balaban J connectivity index is 1.31. The van der Waals surface area contributed by atoms with Crippen LogP contribution in [0.25, 0.3) is 22.3 Å². The molecule has 0 fully saturated rings. The minimum absolute atomic E-state index is 0.125. The molecule has 51 heavy (non-hydrogen) atoms. The summed E-state index contributed by atoms with van der Waals surface area (Å²) in [4.78, 5) is 27.5. The number of rotatable bonds is 8. The monoisotopic (exact) mass is 696 g/mol. The average molecular weight is 697 g/mol. The van der Waals surface area contributed by atoms with Crippen molar-refractivity contribution < 1.29 is 29.3 Å². The number of aryl methyl sites for hydroxylation is 4. The Bertz CT molecular complexity index is 2070. The van der Waals surface area contributed by atoms with Gasteiger partial charge in [0.1, 0.15) is 23.0 Å². The van der Waals surface area contributed by atoms with Gasteiger partial charge in [-0.05, 0) is 134 Å². The van der Waals surface area contributed by atoms with Crippen LogP contribution in [0.2, 0.25) is 0 Å². The van der Waals surface area contributed by atoms with Crippen LogP contribution in [0, 0.1) is 27.7 Å². The molecule has 6 aromatic carbocycles. The maximum atomic E-state index is 12.9. The second kappa shape index (κ2) is 15.1. The van der Waals surface area contributed by atoms with E-state index in [-0.39, 0.29) is 11.5 Å². The van der Waals surface area contributed by atoms with Gasteiger partial charge in [0.25, 0.3) is 0 Å². The number of ether oxygens (including phenoxy) is 2. The number of phenols is 2. The van der Waals surface area contributed by atoms with Gasteiger partial charge in [-0.3, -0.25) is 10.6 Å². The number of amides is 2. The van der Waals surface area contributed by atoms with Crippen molar-refractivity contribution in [3.63, 3.8) is 0 Å². The molecular formula is C42H36N2O6S. The van der Waals surface area contributed by atoms with Crippen molar-refractivity contribution in [1.29, 1.82) is 0 Å². The molecule has 6 rings (SSSR count). The largest absolute Gasteiger partial charge is 0.508 e. The summed E-state index contributed by atoms with van der Waals surface area (Å²) in [6.07, 6.45) is -1.24. The highest BCUT2D eigenvalue weighted by molar-refractivity contribution is 7.99. The van der Waals surface area contributed by atoms with Gasteiger partial charge >= 0.3 is 12.2 Å². The second-order valence-electron chi connectivity index (χ2n) is 12.2. The SMILES string of the molecule is Cc1ccc(NC(=O)Oc2ccc(Sc3ccc(OC(=O)Nc4ccc(C)cc4C)cc3-c3ccc(O)cc3)c(-c3ccc(O)cc3)c2)c(C)c1. The fourth-order valence-electron chi connectivity index (χ4n) is 5.57. The zero-order valence-electron chi connectivity index (χ0n) is 28.5. The summed E-state index contributed by atoms with van der Waals surface area (Å²) < 4.78 is 11.4. The number of carbonyl (C=O) groups is 2. The summed E-state index contributed by atoms with van der Waals surface area (Å²) in [5.41, 5.74) is 8.47. The first kappa shape index (κ1) is 34.7. The molecule has 0 aliphatic carbocycles. The van der Waals surface area contributed by atoms with Gasteiger partial charge in [0.2, 0.25) is 0 Å². The van der Waals surface area contributed by atoms with E-state index < -0.39 is 12.2 Å². The highest BCUT2D eigenvalue weighted by atomic mass is 32.2. The number of aromatic hydroxyl groups is 2. The third-order valence-corrected chi connectivity index (χ3v) is 9.29. The van der Waals surface area contributed by atoms with Crippen LogP contribution in [0.5, 0.6) is 23.0 Å². The van der Waals surface area contributed by atoms with Gasteiger partial charge in [-0.1, -0.05) is 71.4 Å². The average Bonchev–Trinajstić information content (AvgIpc) is 3.09. The molecule has 8 nitrogen and oxygen atoms in total. The van der Waals surface area contributed by atoms with Gasteiger partial charge in [0.15, 0.2) is 0 Å².